The molecule has 0 atom stereocenters. The summed E-state index contributed by atoms with van der Waals surface area (Å²) >= 11 is 0. The number of carbonyl (C=O) groups excluding carboxylic acids is 1. The van der Waals surface area contributed by atoms with Crippen molar-refractivity contribution >= 4 is 44.8 Å². The van der Waals surface area contributed by atoms with Gasteiger partial charge in [-0.1, -0.05) is 6.08 Å². The zero-order valence-electron chi connectivity index (χ0n) is 22.4. The number of nitrogens with zero attached hydrogens (tertiary/aromatic N) is 2. The Morgan fingerprint density at radius 1 is 1.10 bits per heavy atom. The van der Waals surface area contributed by atoms with Crippen LogP contribution >= 0.6 is 0 Å². The first-order valence-corrected chi connectivity index (χ1v) is 14.5. The largest absolute Gasteiger partial charge is 0.744 e. The molecular formula is C28H36N4O6S. The van der Waals surface area contributed by atoms with Crippen LogP contribution in [0.15, 0.2) is 56.8 Å². The van der Waals surface area contributed by atoms with Crippen LogP contribution in [0.1, 0.15) is 50.7 Å². The highest BCUT2D eigenvalue weighted by molar-refractivity contribution is 7.85. The van der Waals surface area contributed by atoms with Gasteiger partial charge in [0.05, 0.1) is 5.56 Å². The average molecular weight is 557 g/mol. The van der Waals surface area contributed by atoms with Gasteiger partial charge in [-0.05, 0) is 51.0 Å². The van der Waals surface area contributed by atoms with E-state index < -0.39 is 15.7 Å². The summed E-state index contributed by atoms with van der Waals surface area (Å²) in [5.74, 6) is -0.0474. The number of rotatable bonds is 14. The number of pyridine rings is 1. The number of aromatic nitrogens is 1. The topological polar surface area (TPSA) is 150 Å². The minimum atomic E-state index is -4.77. The second-order valence-electron chi connectivity index (χ2n) is 9.12. The highest BCUT2D eigenvalue weighted by Crippen LogP contribution is 2.23. The van der Waals surface area contributed by atoms with Crippen LogP contribution in [0.5, 0.6) is 0 Å². The fourth-order valence-corrected chi connectivity index (χ4v) is 4.96. The number of amides is 1. The van der Waals surface area contributed by atoms with Crippen molar-refractivity contribution in [1.82, 2.24) is 5.32 Å². The number of anilines is 1. The molecule has 3 rings (SSSR count). The summed E-state index contributed by atoms with van der Waals surface area (Å²) in [6, 6.07) is 8.85. The first-order valence-electron chi connectivity index (χ1n) is 13.1. The summed E-state index contributed by atoms with van der Waals surface area (Å²) in [6.45, 7) is 7.08. The predicted molar refractivity (Wildman–Crippen MR) is 150 cm³/mol. The molecule has 0 radical (unpaired) electrons. The molecule has 0 aliphatic carbocycles. The average Bonchev–Trinajstić information content (AvgIpc) is 2.91. The van der Waals surface area contributed by atoms with Crippen LogP contribution < -0.4 is 26.1 Å². The lowest BCUT2D eigenvalue weighted by molar-refractivity contribution is -0.699. The molecule has 2 aromatic heterocycles. The van der Waals surface area contributed by atoms with Crippen LogP contribution in [0, 0.1) is 0 Å². The number of hydrogen-bond acceptors (Lipinski definition) is 8. The first-order chi connectivity index (χ1) is 18.7. The monoisotopic (exact) mass is 556 g/mol. The van der Waals surface area contributed by atoms with Gasteiger partial charge in [0.2, 0.25) is 5.91 Å². The molecule has 39 heavy (non-hydrogen) atoms. The number of aryl methyl sites for hydroxylation is 1. The Kier molecular flexibility index (Phi) is 10.8. The molecule has 1 aromatic carbocycles. The van der Waals surface area contributed by atoms with E-state index in [0.29, 0.717) is 44.5 Å². The van der Waals surface area contributed by atoms with Crippen molar-refractivity contribution in [1.29, 1.82) is 0 Å². The van der Waals surface area contributed by atoms with Gasteiger partial charge in [-0.25, -0.2) is 17.8 Å². The second kappa shape index (κ2) is 14.0. The van der Waals surface area contributed by atoms with E-state index in [1.54, 1.807) is 16.8 Å². The Hall–Kier alpha value is -3.54. The van der Waals surface area contributed by atoms with Crippen molar-refractivity contribution in [3.63, 3.8) is 0 Å². The molecule has 0 aliphatic heterocycles. The lowest BCUT2D eigenvalue weighted by Gasteiger charge is -2.20. The fourth-order valence-electron chi connectivity index (χ4n) is 4.27. The van der Waals surface area contributed by atoms with E-state index in [-0.39, 0.29) is 21.9 Å². The summed E-state index contributed by atoms with van der Waals surface area (Å²) < 4.78 is 43.1. The van der Waals surface area contributed by atoms with E-state index >= 15 is 0 Å². The lowest BCUT2D eigenvalue weighted by atomic mass is 10.1. The Morgan fingerprint density at radius 2 is 1.85 bits per heavy atom. The quantitative estimate of drug-likeness (QED) is 0.133. The van der Waals surface area contributed by atoms with Gasteiger partial charge in [0.15, 0.2) is 12.4 Å². The summed E-state index contributed by atoms with van der Waals surface area (Å²) in [5, 5.41) is 3.44. The summed E-state index contributed by atoms with van der Waals surface area (Å²) in [5.41, 5.74) is 6.62. The van der Waals surface area contributed by atoms with Gasteiger partial charge in [-0.3, -0.25) is 4.79 Å². The molecule has 11 heteroatoms. The highest BCUT2D eigenvalue weighted by atomic mass is 32.2. The molecule has 0 bridgehead atoms. The molecule has 0 saturated heterocycles. The predicted octanol–water partition coefficient (Wildman–Crippen LogP) is 2.64. The minimum Gasteiger partial charge on any atom is -0.744 e. The molecule has 0 spiro atoms. The Balaban J connectivity index is 1.74. The minimum absolute atomic E-state index is 0.0474. The number of nitrogens with one attached hydrogen (secondary N) is 1. The zero-order valence-corrected chi connectivity index (χ0v) is 23.2. The molecule has 1 amide bonds. The van der Waals surface area contributed by atoms with Gasteiger partial charge in [-0.15, -0.1) is 0 Å². The maximum atomic E-state index is 12.6. The van der Waals surface area contributed by atoms with Crippen molar-refractivity contribution in [2.45, 2.75) is 51.0 Å². The smallest absolute Gasteiger partial charge is 0.343 e. The second-order valence-corrected chi connectivity index (χ2v) is 10.5. The van der Waals surface area contributed by atoms with E-state index in [1.165, 1.54) is 24.4 Å². The number of fused-ring (bicyclic) bond motifs is 1. The van der Waals surface area contributed by atoms with Gasteiger partial charge < -0.3 is 24.9 Å². The maximum absolute atomic E-state index is 12.6. The Bertz CT molecular complexity index is 1480. The third-order valence-corrected chi connectivity index (χ3v) is 7.27. The molecule has 3 N–H and O–H groups in total. The van der Waals surface area contributed by atoms with Crippen LogP contribution in [-0.4, -0.2) is 45.1 Å². The standard InChI is InChI=1S/C28H36N4O6S/c1-3-32(4-2)24-12-11-22-18-23(28(34)38-25(22)19-24)10-9-21-13-17-31(20-26(21)39(35,36)37)16-7-5-6-8-27(33)30-15-14-29/h9-13,17-20H,3-8,14-16,29H2,1-2H3,(H-,30,33,35,36,37). The molecule has 0 fully saturated rings. The molecular weight excluding hydrogens is 520 g/mol. The molecule has 3 aromatic rings. The van der Waals surface area contributed by atoms with E-state index in [4.69, 9.17) is 10.2 Å². The van der Waals surface area contributed by atoms with E-state index in [1.807, 2.05) is 32.0 Å². The third kappa shape index (κ3) is 8.47. The van der Waals surface area contributed by atoms with Gasteiger partial charge in [0.25, 0.3) is 0 Å². The van der Waals surface area contributed by atoms with Crippen molar-refractivity contribution in [2.75, 3.05) is 31.1 Å². The van der Waals surface area contributed by atoms with Crippen LogP contribution in [-0.2, 0) is 21.5 Å². The fraction of sp³-hybridized carbons (Fsp3) is 0.393. The molecule has 10 nitrogen and oxygen atoms in total. The Labute approximate surface area is 228 Å². The molecule has 0 unspecified atom stereocenters. The van der Waals surface area contributed by atoms with Crippen molar-refractivity contribution < 1.29 is 26.7 Å². The number of hydrogen-bond donors (Lipinski definition) is 2. The SMILES string of the molecule is CCN(CC)c1ccc2cc(/C=C/c3cc[n+](CCCCCC(=O)NCCN)cc3S(=O)(=O)[O-])c(=O)oc2c1. The molecule has 0 saturated carbocycles. The van der Waals surface area contributed by atoms with Crippen molar-refractivity contribution in [3.8, 4) is 0 Å². The van der Waals surface area contributed by atoms with Crippen LogP contribution in [0.2, 0.25) is 0 Å². The van der Waals surface area contributed by atoms with Crippen molar-refractivity contribution in [2.24, 2.45) is 5.73 Å². The van der Waals surface area contributed by atoms with Gasteiger partial charge in [0.1, 0.15) is 27.1 Å². The van der Waals surface area contributed by atoms with Crippen LogP contribution in [0.4, 0.5) is 5.69 Å². The zero-order chi connectivity index (χ0) is 28.4. The highest BCUT2D eigenvalue weighted by Gasteiger charge is 2.14. The Morgan fingerprint density at radius 3 is 2.54 bits per heavy atom. The van der Waals surface area contributed by atoms with Gasteiger partial charge in [0, 0.05) is 67.8 Å². The normalized spacial score (nSPS) is 11.8. The first kappa shape index (κ1) is 30.0. The summed E-state index contributed by atoms with van der Waals surface area (Å²) in [4.78, 5) is 26.0. The van der Waals surface area contributed by atoms with Crippen LogP contribution in [0.3, 0.4) is 0 Å². The van der Waals surface area contributed by atoms with E-state index in [0.717, 1.165) is 30.6 Å². The van der Waals surface area contributed by atoms with Crippen molar-refractivity contribution in [3.05, 3.63) is 64.3 Å². The van der Waals surface area contributed by atoms with Crippen LogP contribution in [0.25, 0.3) is 23.1 Å². The number of nitrogens with two attached hydrogens (primary N) is 1. The summed E-state index contributed by atoms with van der Waals surface area (Å²) in [7, 11) is -4.77. The van der Waals surface area contributed by atoms with E-state index in [2.05, 4.69) is 10.2 Å². The maximum Gasteiger partial charge on any atom is 0.343 e. The third-order valence-electron chi connectivity index (χ3n) is 6.39. The number of unbranched alkanes of at least 4 members (excludes halogenated alkanes) is 2. The summed E-state index contributed by atoms with van der Waals surface area (Å²) in [6.07, 6.45) is 8.41. The molecule has 0 aliphatic rings. The van der Waals surface area contributed by atoms with Gasteiger partial charge >= 0.3 is 5.63 Å². The molecule has 210 valence electrons. The molecule has 2 heterocycles. The lowest BCUT2D eigenvalue weighted by Crippen LogP contribution is -2.34. The van der Waals surface area contributed by atoms with Gasteiger partial charge in [-0.2, -0.15) is 0 Å². The number of benzene rings is 1. The number of carbonyl (C=O) groups is 1. The van der Waals surface area contributed by atoms with E-state index in [9.17, 15) is 22.6 Å².